The topological polar surface area (TPSA) is 81.5 Å². The molecule has 0 atom stereocenters. The Kier molecular flexibility index (Phi) is 5.86. The molecule has 0 bridgehead atoms. The zero-order valence-corrected chi connectivity index (χ0v) is 11.6. The number of carbonyl (C=O) groups excluding carboxylic acids is 1. The van der Waals surface area contributed by atoms with Crippen molar-refractivity contribution in [3.05, 3.63) is 51.6 Å². The van der Waals surface area contributed by atoms with Crippen LogP contribution >= 0.6 is 0 Å². The van der Waals surface area contributed by atoms with Crippen molar-refractivity contribution in [2.24, 2.45) is 0 Å². The third kappa shape index (κ3) is 5.19. The number of nitrogens with one attached hydrogen (secondary N) is 1. The van der Waals surface area contributed by atoms with Gasteiger partial charge >= 0.3 is 0 Å². The number of nitro groups is 1. The molecule has 1 aromatic carbocycles. The van der Waals surface area contributed by atoms with Crippen molar-refractivity contribution >= 4 is 11.6 Å². The van der Waals surface area contributed by atoms with E-state index < -0.39 is 4.92 Å². The van der Waals surface area contributed by atoms with Gasteiger partial charge in [0.15, 0.2) is 0 Å². The van der Waals surface area contributed by atoms with Crippen LogP contribution in [0, 0.1) is 17.0 Å². The Morgan fingerprint density at radius 2 is 2.15 bits per heavy atom. The van der Waals surface area contributed by atoms with Gasteiger partial charge in [0.25, 0.3) is 11.6 Å². The van der Waals surface area contributed by atoms with Gasteiger partial charge in [0.1, 0.15) is 0 Å². The number of hydrogen-bond donors (Lipinski definition) is 1. The molecule has 6 heteroatoms. The SMILES string of the molecule is C=C(C)COCCNC(=O)c1cc(C)cc([N+](=O)[O-])c1. The molecule has 108 valence electrons. The number of rotatable bonds is 7. The summed E-state index contributed by atoms with van der Waals surface area (Å²) in [6.07, 6.45) is 0. The molecule has 0 fully saturated rings. The first-order valence-electron chi connectivity index (χ1n) is 6.16. The Balaban J connectivity index is 2.55. The maximum absolute atomic E-state index is 11.9. The van der Waals surface area contributed by atoms with Gasteiger partial charge in [-0.2, -0.15) is 0 Å². The van der Waals surface area contributed by atoms with Crippen LogP contribution in [0.15, 0.2) is 30.4 Å². The van der Waals surface area contributed by atoms with E-state index in [1.54, 1.807) is 13.0 Å². The lowest BCUT2D eigenvalue weighted by atomic mass is 10.1. The van der Waals surface area contributed by atoms with Crippen LogP contribution in [-0.4, -0.2) is 30.6 Å². The minimum atomic E-state index is -0.514. The van der Waals surface area contributed by atoms with E-state index in [0.29, 0.717) is 25.3 Å². The summed E-state index contributed by atoms with van der Waals surface area (Å²) in [4.78, 5) is 22.1. The van der Waals surface area contributed by atoms with Gasteiger partial charge in [-0.3, -0.25) is 14.9 Å². The quantitative estimate of drug-likeness (QED) is 0.359. The highest BCUT2D eigenvalue weighted by molar-refractivity contribution is 5.95. The Bertz CT molecular complexity index is 526. The molecule has 1 N–H and O–H groups in total. The fourth-order valence-corrected chi connectivity index (χ4v) is 1.58. The zero-order valence-electron chi connectivity index (χ0n) is 11.6. The van der Waals surface area contributed by atoms with E-state index in [1.165, 1.54) is 12.1 Å². The lowest BCUT2D eigenvalue weighted by Crippen LogP contribution is -2.27. The Hall–Kier alpha value is -2.21. The molecule has 1 amide bonds. The number of aryl methyl sites for hydroxylation is 1. The number of carbonyl (C=O) groups is 1. The lowest BCUT2D eigenvalue weighted by molar-refractivity contribution is -0.384. The molecule has 20 heavy (non-hydrogen) atoms. The molecule has 0 aliphatic rings. The molecule has 1 rings (SSSR count). The van der Waals surface area contributed by atoms with Crippen molar-refractivity contribution in [3.8, 4) is 0 Å². The van der Waals surface area contributed by atoms with Gasteiger partial charge in [0, 0.05) is 24.2 Å². The Morgan fingerprint density at radius 3 is 2.75 bits per heavy atom. The molecule has 0 unspecified atom stereocenters. The average Bonchev–Trinajstić information content (AvgIpc) is 2.36. The van der Waals surface area contributed by atoms with Crippen molar-refractivity contribution in [3.63, 3.8) is 0 Å². The van der Waals surface area contributed by atoms with Gasteiger partial charge in [-0.1, -0.05) is 12.2 Å². The second-order valence-corrected chi connectivity index (χ2v) is 4.58. The average molecular weight is 278 g/mol. The predicted octanol–water partition coefficient (Wildman–Crippen LogP) is 2.23. The van der Waals surface area contributed by atoms with Crippen LogP contribution in [0.5, 0.6) is 0 Å². The summed E-state index contributed by atoms with van der Waals surface area (Å²) in [5, 5.41) is 13.4. The summed E-state index contributed by atoms with van der Waals surface area (Å²) in [7, 11) is 0. The summed E-state index contributed by atoms with van der Waals surface area (Å²) in [6.45, 7) is 8.41. The first-order valence-corrected chi connectivity index (χ1v) is 6.16. The normalized spacial score (nSPS) is 10.1. The van der Waals surface area contributed by atoms with Crippen molar-refractivity contribution in [1.29, 1.82) is 0 Å². The van der Waals surface area contributed by atoms with Crippen LogP contribution in [0.4, 0.5) is 5.69 Å². The Morgan fingerprint density at radius 1 is 1.45 bits per heavy atom. The van der Waals surface area contributed by atoms with Gasteiger partial charge in [-0.25, -0.2) is 0 Å². The van der Waals surface area contributed by atoms with E-state index >= 15 is 0 Å². The van der Waals surface area contributed by atoms with E-state index in [0.717, 1.165) is 5.57 Å². The first kappa shape index (κ1) is 15.8. The molecule has 0 spiro atoms. The second-order valence-electron chi connectivity index (χ2n) is 4.58. The van der Waals surface area contributed by atoms with Crippen LogP contribution in [0.2, 0.25) is 0 Å². The highest BCUT2D eigenvalue weighted by Gasteiger charge is 2.12. The van der Waals surface area contributed by atoms with Crippen LogP contribution in [0.1, 0.15) is 22.8 Å². The van der Waals surface area contributed by atoms with Gasteiger partial charge in [-0.05, 0) is 25.5 Å². The van der Waals surface area contributed by atoms with Gasteiger partial charge in [0.05, 0.1) is 18.1 Å². The van der Waals surface area contributed by atoms with E-state index in [-0.39, 0.29) is 17.2 Å². The van der Waals surface area contributed by atoms with E-state index in [1.807, 2.05) is 6.92 Å². The molecule has 0 aromatic heterocycles. The number of ether oxygens (including phenoxy) is 1. The van der Waals surface area contributed by atoms with Gasteiger partial charge in [0.2, 0.25) is 0 Å². The van der Waals surface area contributed by atoms with Crippen molar-refractivity contribution in [1.82, 2.24) is 5.32 Å². The number of non-ortho nitro benzene ring substituents is 1. The van der Waals surface area contributed by atoms with E-state index in [2.05, 4.69) is 11.9 Å². The van der Waals surface area contributed by atoms with Crippen molar-refractivity contribution < 1.29 is 14.5 Å². The number of amides is 1. The monoisotopic (exact) mass is 278 g/mol. The zero-order chi connectivity index (χ0) is 15.1. The number of benzene rings is 1. The Labute approximate surface area is 117 Å². The maximum Gasteiger partial charge on any atom is 0.270 e. The van der Waals surface area contributed by atoms with Crippen LogP contribution in [0.25, 0.3) is 0 Å². The van der Waals surface area contributed by atoms with E-state index in [4.69, 9.17) is 4.74 Å². The summed E-state index contributed by atoms with van der Waals surface area (Å²) >= 11 is 0. The smallest absolute Gasteiger partial charge is 0.270 e. The molecule has 0 saturated heterocycles. The summed E-state index contributed by atoms with van der Waals surface area (Å²) in [6, 6.07) is 4.29. The fourth-order valence-electron chi connectivity index (χ4n) is 1.58. The van der Waals surface area contributed by atoms with Gasteiger partial charge in [-0.15, -0.1) is 0 Å². The summed E-state index contributed by atoms with van der Waals surface area (Å²) in [5.41, 5.74) is 1.76. The van der Waals surface area contributed by atoms with Crippen LogP contribution in [-0.2, 0) is 4.74 Å². The largest absolute Gasteiger partial charge is 0.375 e. The van der Waals surface area contributed by atoms with E-state index in [9.17, 15) is 14.9 Å². The highest BCUT2D eigenvalue weighted by Crippen LogP contribution is 2.16. The molecule has 6 nitrogen and oxygen atoms in total. The molecule has 0 aliphatic carbocycles. The molecule has 0 heterocycles. The minimum Gasteiger partial charge on any atom is -0.375 e. The second kappa shape index (κ2) is 7.40. The molecule has 1 aromatic rings. The lowest BCUT2D eigenvalue weighted by Gasteiger charge is -2.07. The number of nitrogens with zero attached hydrogens (tertiary/aromatic N) is 1. The first-order chi connectivity index (χ1) is 9.40. The number of nitro benzene ring substituents is 1. The molecule has 0 aliphatic heterocycles. The third-order valence-corrected chi connectivity index (χ3v) is 2.42. The molecule has 0 radical (unpaired) electrons. The summed E-state index contributed by atoms with van der Waals surface area (Å²) < 4.78 is 5.24. The van der Waals surface area contributed by atoms with Crippen molar-refractivity contribution in [2.45, 2.75) is 13.8 Å². The highest BCUT2D eigenvalue weighted by atomic mass is 16.6. The molecular weight excluding hydrogens is 260 g/mol. The number of hydrogen-bond acceptors (Lipinski definition) is 4. The van der Waals surface area contributed by atoms with Gasteiger partial charge < -0.3 is 10.1 Å². The standard InChI is InChI=1S/C14H18N2O4/c1-10(2)9-20-5-4-15-14(17)12-6-11(3)7-13(8-12)16(18)19/h6-8H,1,4-5,9H2,2-3H3,(H,15,17). The maximum atomic E-state index is 11.9. The van der Waals surface area contributed by atoms with Crippen LogP contribution in [0.3, 0.4) is 0 Å². The van der Waals surface area contributed by atoms with Crippen LogP contribution < -0.4 is 5.32 Å². The molecular formula is C14H18N2O4. The summed E-state index contributed by atoms with van der Waals surface area (Å²) in [5.74, 6) is -0.351. The predicted molar refractivity (Wildman–Crippen MR) is 75.8 cm³/mol. The third-order valence-electron chi connectivity index (χ3n) is 2.42. The fraction of sp³-hybridized carbons (Fsp3) is 0.357. The van der Waals surface area contributed by atoms with Crippen molar-refractivity contribution in [2.75, 3.05) is 19.8 Å². The molecule has 0 saturated carbocycles. The minimum absolute atomic E-state index is 0.0892.